The van der Waals surface area contributed by atoms with Crippen LogP contribution in [0.15, 0.2) is 0 Å². The molecule has 0 radical (unpaired) electrons. The normalized spacial score (nSPS) is 27.3. The SMILES string of the molecule is COC(=O)C(C)CC1COC(C)(C)O1. The maximum atomic E-state index is 11.1. The third kappa shape index (κ3) is 2.96. The summed E-state index contributed by atoms with van der Waals surface area (Å²) in [4.78, 5) is 11.1. The Balaban J connectivity index is 2.36. The minimum Gasteiger partial charge on any atom is -0.469 e. The van der Waals surface area contributed by atoms with E-state index in [1.54, 1.807) is 0 Å². The number of hydrogen-bond donors (Lipinski definition) is 0. The maximum absolute atomic E-state index is 11.1. The van der Waals surface area contributed by atoms with Gasteiger partial charge in [-0.15, -0.1) is 0 Å². The molecule has 0 saturated carbocycles. The molecule has 2 atom stereocenters. The molecule has 0 aromatic rings. The van der Waals surface area contributed by atoms with Crippen LogP contribution in [-0.2, 0) is 19.0 Å². The summed E-state index contributed by atoms with van der Waals surface area (Å²) < 4.78 is 15.6. The third-order valence-corrected chi connectivity index (χ3v) is 2.29. The molecular weight excluding hydrogens is 184 g/mol. The van der Waals surface area contributed by atoms with Crippen molar-refractivity contribution >= 4 is 5.97 Å². The van der Waals surface area contributed by atoms with Crippen molar-refractivity contribution in [1.29, 1.82) is 0 Å². The molecule has 0 N–H and O–H groups in total. The zero-order valence-electron chi connectivity index (χ0n) is 9.20. The Kier molecular flexibility index (Phi) is 3.50. The van der Waals surface area contributed by atoms with Crippen LogP contribution in [0.3, 0.4) is 0 Å². The summed E-state index contributed by atoms with van der Waals surface area (Å²) in [7, 11) is 1.40. The van der Waals surface area contributed by atoms with Gasteiger partial charge in [0.25, 0.3) is 0 Å². The lowest BCUT2D eigenvalue weighted by atomic mass is 10.0. The predicted molar refractivity (Wildman–Crippen MR) is 50.7 cm³/mol. The van der Waals surface area contributed by atoms with Crippen molar-refractivity contribution in [1.82, 2.24) is 0 Å². The lowest BCUT2D eigenvalue weighted by Crippen LogP contribution is -2.24. The second-order valence-corrected chi connectivity index (χ2v) is 4.11. The van der Waals surface area contributed by atoms with Crippen LogP contribution in [0.5, 0.6) is 0 Å². The lowest BCUT2D eigenvalue weighted by Gasteiger charge is -2.18. The van der Waals surface area contributed by atoms with Crippen LogP contribution < -0.4 is 0 Å². The second-order valence-electron chi connectivity index (χ2n) is 4.11. The first-order chi connectivity index (χ1) is 6.44. The van der Waals surface area contributed by atoms with E-state index in [0.29, 0.717) is 13.0 Å². The van der Waals surface area contributed by atoms with Gasteiger partial charge in [-0.05, 0) is 20.3 Å². The highest BCUT2D eigenvalue weighted by atomic mass is 16.7. The van der Waals surface area contributed by atoms with Crippen LogP contribution >= 0.6 is 0 Å². The molecule has 1 heterocycles. The summed E-state index contributed by atoms with van der Waals surface area (Å²) in [6, 6.07) is 0. The Morgan fingerprint density at radius 1 is 1.64 bits per heavy atom. The highest BCUT2D eigenvalue weighted by Gasteiger charge is 2.34. The number of carbonyl (C=O) groups excluding carboxylic acids is 1. The van der Waals surface area contributed by atoms with E-state index in [2.05, 4.69) is 4.74 Å². The molecule has 0 amide bonds. The molecule has 1 aliphatic rings. The van der Waals surface area contributed by atoms with Gasteiger partial charge in [0, 0.05) is 0 Å². The van der Waals surface area contributed by atoms with Gasteiger partial charge in [0.05, 0.1) is 25.7 Å². The molecule has 4 nitrogen and oxygen atoms in total. The summed E-state index contributed by atoms with van der Waals surface area (Å²) in [5.41, 5.74) is 0. The lowest BCUT2D eigenvalue weighted by molar-refractivity contribution is -0.151. The zero-order valence-corrected chi connectivity index (χ0v) is 9.20. The average Bonchev–Trinajstić information content (AvgIpc) is 2.44. The fourth-order valence-electron chi connectivity index (χ4n) is 1.57. The summed E-state index contributed by atoms with van der Waals surface area (Å²) >= 11 is 0. The summed E-state index contributed by atoms with van der Waals surface area (Å²) in [5.74, 6) is -0.846. The van der Waals surface area contributed by atoms with Gasteiger partial charge >= 0.3 is 5.97 Å². The van der Waals surface area contributed by atoms with Crippen molar-refractivity contribution in [2.24, 2.45) is 5.92 Å². The smallest absolute Gasteiger partial charge is 0.308 e. The number of methoxy groups -OCH3 is 1. The molecule has 1 saturated heterocycles. The monoisotopic (exact) mass is 202 g/mol. The Morgan fingerprint density at radius 2 is 2.29 bits per heavy atom. The standard InChI is InChI=1S/C10H18O4/c1-7(9(11)12-4)5-8-6-13-10(2,3)14-8/h7-8H,5-6H2,1-4H3. The van der Waals surface area contributed by atoms with Crippen LogP contribution in [0.25, 0.3) is 0 Å². The molecule has 0 aliphatic carbocycles. The van der Waals surface area contributed by atoms with E-state index in [-0.39, 0.29) is 18.0 Å². The minimum atomic E-state index is -0.513. The van der Waals surface area contributed by atoms with Gasteiger partial charge in [-0.1, -0.05) is 6.92 Å². The van der Waals surface area contributed by atoms with Gasteiger partial charge in [-0.3, -0.25) is 4.79 Å². The van der Waals surface area contributed by atoms with Crippen LogP contribution in [-0.4, -0.2) is 31.6 Å². The largest absolute Gasteiger partial charge is 0.469 e. The van der Waals surface area contributed by atoms with E-state index < -0.39 is 5.79 Å². The Labute approximate surface area is 84.5 Å². The minimum absolute atomic E-state index is 0.000833. The van der Waals surface area contributed by atoms with Crippen LogP contribution in [0.1, 0.15) is 27.2 Å². The second kappa shape index (κ2) is 4.28. The van der Waals surface area contributed by atoms with Crippen LogP contribution in [0, 0.1) is 5.92 Å². The van der Waals surface area contributed by atoms with Crippen LogP contribution in [0.2, 0.25) is 0 Å². The van der Waals surface area contributed by atoms with Gasteiger partial charge in [-0.2, -0.15) is 0 Å². The van der Waals surface area contributed by atoms with E-state index in [0.717, 1.165) is 0 Å². The van der Waals surface area contributed by atoms with E-state index in [4.69, 9.17) is 9.47 Å². The van der Waals surface area contributed by atoms with E-state index in [9.17, 15) is 4.79 Å². The topological polar surface area (TPSA) is 44.8 Å². The first kappa shape index (κ1) is 11.5. The van der Waals surface area contributed by atoms with Crippen molar-refractivity contribution in [3.05, 3.63) is 0 Å². The van der Waals surface area contributed by atoms with Crippen molar-refractivity contribution < 1.29 is 19.0 Å². The van der Waals surface area contributed by atoms with Gasteiger partial charge in [0.2, 0.25) is 0 Å². The zero-order chi connectivity index (χ0) is 10.8. The molecule has 4 heteroatoms. The molecule has 0 aromatic carbocycles. The molecule has 1 rings (SSSR count). The molecule has 1 fully saturated rings. The molecule has 82 valence electrons. The summed E-state index contributed by atoms with van der Waals surface area (Å²) in [6.45, 7) is 6.13. The predicted octanol–water partition coefficient (Wildman–Crippen LogP) is 1.34. The van der Waals surface area contributed by atoms with Crippen molar-refractivity contribution in [3.8, 4) is 0 Å². The molecule has 14 heavy (non-hydrogen) atoms. The Morgan fingerprint density at radius 3 is 2.71 bits per heavy atom. The Bertz CT molecular complexity index is 212. The fraction of sp³-hybridized carbons (Fsp3) is 0.900. The molecule has 1 aliphatic heterocycles. The van der Waals surface area contributed by atoms with Crippen molar-refractivity contribution in [2.45, 2.75) is 39.1 Å². The first-order valence-corrected chi connectivity index (χ1v) is 4.84. The van der Waals surface area contributed by atoms with Crippen molar-refractivity contribution in [2.75, 3.05) is 13.7 Å². The molecule has 2 unspecified atom stereocenters. The van der Waals surface area contributed by atoms with Gasteiger partial charge < -0.3 is 14.2 Å². The summed E-state index contributed by atoms with van der Waals surface area (Å²) in [5, 5.41) is 0. The van der Waals surface area contributed by atoms with Gasteiger partial charge in [0.1, 0.15) is 0 Å². The quantitative estimate of drug-likeness (QED) is 0.648. The number of rotatable bonds is 3. The number of hydrogen-bond acceptors (Lipinski definition) is 4. The average molecular weight is 202 g/mol. The summed E-state index contributed by atoms with van der Waals surface area (Å²) in [6.07, 6.45) is 0.648. The van der Waals surface area contributed by atoms with Gasteiger partial charge in [0.15, 0.2) is 5.79 Å². The van der Waals surface area contributed by atoms with Crippen LogP contribution in [0.4, 0.5) is 0 Å². The third-order valence-electron chi connectivity index (χ3n) is 2.29. The number of carbonyl (C=O) groups is 1. The van der Waals surface area contributed by atoms with E-state index >= 15 is 0 Å². The number of esters is 1. The molecule has 0 bridgehead atoms. The van der Waals surface area contributed by atoms with Crippen molar-refractivity contribution in [3.63, 3.8) is 0 Å². The molecule has 0 spiro atoms. The Hall–Kier alpha value is -0.610. The molecule has 0 aromatic heterocycles. The highest BCUT2D eigenvalue weighted by Crippen LogP contribution is 2.26. The first-order valence-electron chi connectivity index (χ1n) is 4.84. The highest BCUT2D eigenvalue weighted by molar-refractivity contribution is 5.71. The maximum Gasteiger partial charge on any atom is 0.308 e. The fourth-order valence-corrected chi connectivity index (χ4v) is 1.57. The van der Waals surface area contributed by atoms with Gasteiger partial charge in [-0.25, -0.2) is 0 Å². The number of ether oxygens (including phenoxy) is 3. The molecular formula is C10H18O4. The van der Waals surface area contributed by atoms with E-state index in [1.165, 1.54) is 7.11 Å². The van der Waals surface area contributed by atoms with E-state index in [1.807, 2.05) is 20.8 Å².